The summed E-state index contributed by atoms with van der Waals surface area (Å²) in [4.78, 5) is 14.2. The van der Waals surface area contributed by atoms with E-state index in [1.165, 1.54) is 0 Å². The molecular formula is C17H12N2O. The maximum atomic E-state index is 12.7. The third-order valence-electron chi connectivity index (χ3n) is 3.30. The summed E-state index contributed by atoms with van der Waals surface area (Å²) in [6.45, 7) is 0. The van der Waals surface area contributed by atoms with Crippen molar-refractivity contribution in [3.05, 3.63) is 71.8 Å². The van der Waals surface area contributed by atoms with Crippen LogP contribution in [0.4, 0.5) is 5.69 Å². The summed E-state index contributed by atoms with van der Waals surface area (Å²) in [6.07, 6.45) is 3.64. The topological polar surface area (TPSA) is 44.1 Å². The Balaban J connectivity index is 2.09. The Kier molecular flexibility index (Phi) is 3.06. The first kappa shape index (κ1) is 12.2. The predicted molar refractivity (Wildman–Crippen MR) is 78.1 cm³/mol. The smallest absolute Gasteiger partial charge is 0.259 e. The first-order valence-electron chi connectivity index (χ1n) is 6.37. The summed E-state index contributed by atoms with van der Waals surface area (Å²) in [5.74, 6) is -0.158. The third-order valence-corrected chi connectivity index (χ3v) is 3.30. The predicted octanol–water partition coefficient (Wildman–Crippen LogP) is 3.25. The van der Waals surface area contributed by atoms with E-state index in [4.69, 9.17) is 0 Å². The molecule has 0 N–H and O–H groups in total. The molecule has 0 fully saturated rings. The van der Waals surface area contributed by atoms with E-state index in [1.807, 2.05) is 48.5 Å². The van der Waals surface area contributed by atoms with Gasteiger partial charge in [-0.15, -0.1) is 0 Å². The van der Waals surface area contributed by atoms with Gasteiger partial charge in [0.2, 0.25) is 0 Å². The van der Waals surface area contributed by atoms with Gasteiger partial charge in [0.05, 0.1) is 11.8 Å². The molecule has 0 saturated carbocycles. The Morgan fingerprint density at radius 2 is 1.75 bits per heavy atom. The highest BCUT2D eigenvalue weighted by atomic mass is 16.2. The average molecular weight is 260 g/mol. The lowest BCUT2D eigenvalue weighted by atomic mass is 10.0. The fourth-order valence-corrected chi connectivity index (χ4v) is 2.33. The van der Waals surface area contributed by atoms with Crippen LogP contribution >= 0.6 is 0 Å². The van der Waals surface area contributed by atoms with Crippen LogP contribution in [-0.4, -0.2) is 11.9 Å². The van der Waals surface area contributed by atoms with Crippen LogP contribution in [0, 0.1) is 11.3 Å². The number of amides is 1. The molecule has 0 radical (unpaired) electrons. The van der Waals surface area contributed by atoms with Crippen LogP contribution in [0.15, 0.2) is 60.7 Å². The summed E-state index contributed by atoms with van der Waals surface area (Å²) in [5.41, 5.74) is 2.30. The number of fused-ring (bicyclic) bond motifs is 1. The van der Waals surface area contributed by atoms with E-state index in [2.05, 4.69) is 6.07 Å². The standard InChI is InChI=1S/C17H12N2O/c18-12-15-11-10-13-6-4-5-9-16(13)19(15)17(20)14-7-2-1-3-8-14/h1-11,15H/t15-/m0/s1. The van der Waals surface area contributed by atoms with Crippen molar-refractivity contribution in [1.29, 1.82) is 5.26 Å². The van der Waals surface area contributed by atoms with Crippen molar-refractivity contribution in [2.45, 2.75) is 6.04 Å². The van der Waals surface area contributed by atoms with Crippen molar-refractivity contribution in [3.63, 3.8) is 0 Å². The second-order valence-electron chi connectivity index (χ2n) is 4.53. The molecule has 0 saturated heterocycles. The van der Waals surface area contributed by atoms with Gasteiger partial charge in [0, 0.05) is 5.56 Å². The zero-order chi connectivity index (χ0) is 13.9. The van der Waals surface area contributed by atoms with Crippen molar-refractivity contribution < 1.29 is 4.79 Å². The van der Waals surface area contributed by atoms with E-state index < -0.39 is 6.04 Å². The van der Waals surface area contributed by atoms with Crippen LogP contribution in [0.2, 0.25) is 0 Å². The van der Waals surface area contributed by atoms with E-state index in [-0.39, 0.29) is 5.91 Å². The number of rotatable bonds is 1. The van der Waals surface area contributed by atoms with Gasteiger partial charge in [-0.25, -0.2) is 0 Å². The number of para-hydroxylation sites is 1. The van der Waals surface area contributed by atoms with Crippen molar-refractivity contribution >= 4 is 17.7 Å². The summed E-state index contributed by atoms with van der Waals surface area (Å²) in [6, 6.07) is 18.2. The average Bonchev–Trinajstić information content (AvgIpc) is 2.54. The summed E-state index contributed by atoms with van der Waals surface area (Å²) in [5, 5.41) is 9.29. The quantitative estimate of drug-likeness (QED) is 0.790. The van der Waals surface area contributed by atoms with E-state index in [0.717, 1.165) is 11.3 Å². The molecule has 1 aliphatic rings. The molecule has 1 atom stereocenters. The number of nitriles is 1. The van der Waals surface area contributed by atoms with Crippen LogP contribution in [0.5, 0.6) is 0 Å². The lowest BCUT2D eigenvalue weighted by molar-refractivity contribution is 0.0985. The lowest BCUT2D eigenvalue weighted by Gasteiger charge is -2.30. The Morgan fingerprint density at radius 1 is 1.05 bits per heavy atom. The highest BCUT2D eigenvalue weighted by Gasteiger charge is 2.28. The van der Waals surface area contributed by atoms with Crippen molar-refractivity contribution in [1.82, 2.24) is 0 Å². The molecule has 0 aromatic heterocycles. The summed E-state index contributed by atoms with van der Waals surface area (Å²) < 4.78 is 0. The van der Waals surface area contributed by atoms with Crippen LogP contribution in [-0.2, 0) is 0 Å². The zero-order valence-corrected chi connectivity index (χ0v) is 10.7. The van der Waals surface area contributed by atoms with Crippen molar-refractivity contribution in [2.75, 3.05) is 4.90 Å². The first-order valence-corrected chi connectivity index (χ1v) is 6.37. The van der Waals surface area contributed by atoms with E-state index in [1.54, 1.807) is 23.1 Å². The third kappa shape index (κ3) is 1.98. The van der Waals surface area contributed by atoms with Crippen LogP contribution in [0.25, 0.3) is 6.08 Å². The minimum absolute atomic E-state index is 0.158. The molecule has 0 bridgehead atoms. The molecule has 3 rings (SSSR count). The monoisotopic (exact) mass is 260 g/mol. The molecule has 3 nitrogen and oxygen atoms in total. The molecular weight excluding hydrogens is 248 g/mol. The Hall–Kier alpha value is -2.86. The van der Waals surface area contributed by atoms with Crippen molar-refractivity contribution in [3.8, 4) is 6.07 Å². The lowest BCUT2D eigenvalue weighted by Crippen LogP contribution is -2.40. The Bertz CT molecular complexity index is 713. The van der Waals surface area contributed by atoms with Gasteiger partial charge in [-0.05, 0) is 29.8 Å². The SMILES string of the molecule is N#C[C@@H]1C=Cc2ccccc2N1C(=O)c1ccccc1. The number of carbonyl (C=O) groups excluding carboxylic acids is 1. The van der Waals surface area contributed by atoms with Crippen LogP contribution < -0.4 is 4.90 Å². The second kappa shape index (κ2) is 5.02. The number of hydrogen-bond acceptors (Lipinski definition) is 2. The number of benzene rings is 2. The molecule has 1 heterocycles. The first-order chi connectivity index (χ1) is 9.81. The van der Waals surface area contributed by atoms with Gasteiger partial charge in [0.25, 0.3) is 5.91 Å². The van der Waals surface area contributed by atoms with Gasteiger partial charge in [0.1, 0.15) is 6.04 Å². The largest absolute Gasteiger partial charge is 0.288 e. The molecule has 0 spiro atoms. The molecule has 1 amide bonds. The van der Waals surface area contributed by atoms with E-state index in [0.29, 0.717) is 5.56 Å². The number of anilines is 1. The van der Waals surface area contributed by atoms with Crippen LogP contribution in [0.3, 0.4) is 0 Å². The van der Waals surface area contributed by atoms with Gasteiger partial charge in [-0.1, -0.05) is 42.5 Å². The molecule has 0 unspecified atom stereocenters. The molecule has 2 aromatic rings. The number of carbonyl (C=O) groups is 1. The van der Waals surface area contributed by atoms with Gasteiger partial charge in [-0.2, -0.15) is 5.26 Å². The molecule has 20 heavy (non-hydrogen) atoms. The fourth-order valence-electron chi connectivity index (χ4n) is 2.33. The Labute approximate surface area is 117 Å². The van der Waals surface area contributed by atoms with Gasteiger partial charge in [0.15, 0.2) is 0 Å². The van der Waals surface area contributed by atoms with E-state index in [9.17, 15) is 10.1 Å². The molecule has 3 heteroatoms. The highest BCUT2D eigenvalue weighted by Crippen LogP contribution is 2.30. The summed E-state index contributed by atoms with van der Waals surface area (Å²) in [7, 11) is 0. The van der Waals surface area contributed by atoms with Crippen molar-refractivity contribution in [2.24, 2.45) is 0 Å². The highest BCUT2D eigenvalue weighted by molar-refractivity contribution is 6.08. The minimum Gasteiger partial charge on any atom is -0.288 e. The normalized spacial score (nSPS) is 16.4. The molecule has 1 aliphatic heterocycles. The van der Waals surface area contributed by atoms with Gasteiger partial charge >= 0.3 is 0 Å². The van der Waals surface area contributed by atoms with Gasteiger partial charge < -0.3 is 0 Å². The Morgan fingerprint density at radius 3 is 2.50 bits per heavy atom. The number of nitrogens with zero attached hydrogens (tertiary/aromatic N) is 2. The number of hydrogen-bond donors (Lipinski definition) is 0. The van der Waals surface area contributed by atoms with E-state index >= 15 is 0 Å². The van der Waals surface area contributed by atoms with Gasteiger partial charge in [-0.3, -0.25) is 9.69 Å². The maximum absolute atomic E-state index is 12.7. The molecule has 0 aliphatic carbocycles. The zero-order valence-electron chi connectivity index (χ0n) is 10.7. The van der Waals surface area contributed by atoms with Crippen LogP contribution in [0.1, 0.15) is 15.9 Å². The summed E-state index contributed by atoms with van der Waals surface area (Å²) >= 11 is 0. The molecule has 2 aromatic carbocycles. The second-order valence-corrected chi connectivity index (χ2v) is 4.53. The minimum atomic E-state index is -0.572. The maximum Gasteiger partial charge on any atom is 0.259 e. The fraction of sp³-hybridized carbons (Fsp3) is 0.0588. The molecule has 96 valence electrons.